The Morgan fingerprint density at radius 1 is 1.31 bits per heavy atom. The maximum Gasteiger partial charge on any atom is 0.222 e. The average molecular weight is 221 g/mol. The van der Waals surface area contributed by atoms with Crippen LogP contribution in [0.2, 0.25) is 0 Å². The molecule has 3 aliphatic rings. The monoisotopic (exact) mass is 221 g/mol. The van der Waals surface area contributed by atoms with Gasteiger partial charge < -0.3 is 15.5 Å². The quantitative estimate of drug-likeness (QED) is 0.740. The molecule has 2 aliphatic heterocycles. The van der Waals surface area contributed by atoms with Crippen molar-refractivity contribution in [3.05, 3.63) is 11.4 Å². The third kappa shape index (κ3) is 2.01. The second-order valence-electron chi connectivity index (χ2n) is 5.03. The summed E-state index contributed by atoms with van der Waals surface area (Å²) in [7, 11) is 0. The summed E-state index contributed by atoms with van der Waals surface area (Å²) < 4.78 is 0. The molecular formula is C12H19N3O. The van der Waals surface area contributed by atoms with Gasteiger partial charge in [-0.25, -0.2) is 0 Å². The van der Waals surface area contributed by atoms with Crippen LogP contribution in [-0.2, 0) is 4.79 Å². The number of nitrogens with zero attached hydrogens (tertiary/aromatic N) is 1. The summed E-state index contributed by atoms with van der Waals surface area (Å²) in [4.78, 5) is 14.0. The van der Waals surface area contributed by atoms with E-state index in [0.29, 0.717) is 5.91 Å². The van der Waals surface area contributed by atoms with E-state index in [1.54, 1.807) is 0 Å². The summed E-state index contributed by atoms with van der Waals surface area (Å²) in [6.07, 6.45) is 5.52. The molecule has 2 heterocycles. The maximum absolute atomic E-state index is 12.0. The molecule has 2 N–H and O–H groups in total. The van der Waals surface area contributed by atoms with Crippen molar-refractivity contribution in [3.8, 4) is 0 Å². The van der Waals surface area contributed by atoms with Crippen LogP contribution in [0.3, 0.4) is 0 Å². The molecule has 1 saturated carbocycles. The van der Waals surface area contributed by atoms with Crippen molar-refractivity contribution < 1.29 is 4.79 Å². The van der Waals surface area contributed by atoms with E-state index >= 15 is 0 Å². The number of carbonyl (C=O) groups excluding carboxylic acids is 1. The van der Waals surface area contributed by atoms with Crippen LogP contribution in [0.25, 0.3) is 0 Å². The van der Waals surface area contributed by atoms with Crippen LogP contribution in [0.1, 0.15) is 32.1 Å². The largest absolute Gasteiger partial charge is 0.370 e. The summed E-state index contributed by atoms with van der Waals surface area (Å²) in [6, 6.07) is 0. The number of nitrogens with one attached hydrogen (secondary N) is 2. The predicted molar refractivity (Wildman–Crippen MR) is 61.3 cm³/mol. The number of amides is 1. The van der Waals surface area contributed by atoms with Gasteiger partial charge in [-0.3, -0.25) is 4.79 Å². The summed E-state index contributed by atoms with van der Waals surface area (Å²) in [5.41, 5.74) is 2.54. The molecule has 16 heavy (non-hydrogen) atoms. The minimum Gasteiger partial charge on any atom is -0.370 e. The fraction of sp³-hybridized carbons (Fsp3) is 0.750. The maximum atomic E-state index is 12.0. The van der Waals surface area contributed by atoms with Crippen molar-refractivity contribution in [2.24, 2.45) is 5.92 Å². The van der Waals surface area contributed by atoms with E-state index in [0.717, 1.165) is 44.9 Å². The smallest absolute Gasteiger partial charge is 0.222 e. The zero-order chi connectivity index (χ0) is 11.0. The van der Waals surface area contributed by atoms with E-state index in [4.69, 9.17) is 0 Å². The molecule has 0 radical (unpaired) electrons. The highest BCUT2D eigenvalue weighted by Gasteiger charge is 2.27. The first-order valence-electron chi connectivity index (χ1n) is 6.30. The van der Waals surface area contributed by atoms with Crippen LogP contribution in [-0.4, -0.2) is 30.6 Å². The molecule has 0 spiro atoms. The molecule has 0 aromatic carbocycles. The van der Waals surface area contributed by atoms with E-state index in [2.05, 4.69) is 10.6 Å². The van der Waals surface area contributed by atoms with E-state index in [9.17, 15) is 4.79 Å². The Morgan fingerprint density at radius 3 is 2.94 bits per heavy atom. The zero-order valence-electron chi connectivity index (χ0n) is 9.59. The zero-order valence-corrected chi connectivity index (χ0v) is 9.59. The lowest BCUT2D eigenvalue weighted by Crippen LogP contribution is -2.38. The molecule has 0 aromatic heterocycles. The van der Waals surface area contributed by atoms with Crippen molar-refractivity contribution in [1.29, 1.82) is 0 Å². The molecule has 0 saturated heterocycles. The van der Waals surface area contributed by atoms with Crippen LogP contribution in [0.15, 0.2) is 11.4 Å². The highest BCUT2D eigenvalue weighted by atomic mass is 16.2. The second-order valence-corrected chi connectivity index (χ2v) is 5.03. The van der Waals surface area contributed by atoms with Crippen molar-refractivity contribution >= 4 is 5.91 Å². The molecule has 1 fully saturated rings. The minimum atomic E-state index is 0.340. The lowest BCUT2D eigenvalue weighted by molar-refractivity contribution is -0.131. The van der Waals surface area contributed by atoms with Gasteiger partial charge in [0.1, 0.15) is 0 Å². The Bertz CT molecular complexity index is 333. The Morgan fingerprint density at radius 2 is 2.12 bits per heavy atom. The second kappa shape index (κ2) is 4.00. The van der Waals surface area contributed by atoms with Crippen molar-refractivity contribution in [2.45, 2.75) is 32.1 Å². The first-order chi connectivity index (χ1) is 7.83. The van der Waals surface area contributed by atoms with Crippen molar-refractivity contribution in [3.63, 3.8) is 0 Å². The van der Waals surface area contributed by atoms with Gasteiger partial charge in [0, 0.05) is 25.1 Å². The van der Waals surface area contributed by atoms with E-state index in [1.807, 2.05) is 4.90 Å². The first kappa shape index (κ1) is 10.00. The van der Waals surface area contributed by atoms with E-state index in [1.165, 1.54) is 24.2 Å². The minimum absolute atomic E-state index is 0.340. The number of hydrogen-bond acceptors (Lipinski definition) is 3. The molecule has 3 rings (SSSR count). The molecule has 1 aliphatic carbocycles. The van der Waals surface area contributed by atoms with Gasteiger partial charge in [0.2, 0.25) is 5.91 Å². The van der Waals surface area contributed by atoms with Gasteiger partial charge in [0.05, 0.1) is 18.9 Å². The Labute approximate surface area is 96.1 Å². The summed E-state index contributed by atoms with van der Waals surface area (Å²) in [5, 5.41) is 6.60. The molecule has 0 unspecified atom stereocenters. The Hall–Kier alpha value is -1.19. The third-order valence-corrected chi connectivity index (χ3v) is 3.76. The van der Waals surface area contributed by atoms with Gasteiger partial charge in [-0.1, -0.05) is 12.8 Å². The molecule has 0 atom stereocenters. The highest BCUT2D eigenvalue weighted by molar-refractivity contribution is 5.76. The van der Waals surface area contributed by atoms with Gasteiger partial charge in [-0.05, 0) is 12.3 Å². The normalized spacial score (nSPS) is 23.9. The fourth-order valence-electron chi connectivity index (χ4n) is 2.48. The Balaban J connectivity index is 1.53. The highest BCUT2D eigenvalue weighted by Crippen LogP contribution is 2.33. The van der Waals surface area contributed by atoms with Crippen LogP contribution >= 0.6 is 0 Å². The van der Waals surface area contributed by atoms with Gasteiger partial charge in [0.15, 0.2) is 0 Å². The molecule has 0 aromatic rings. The number of rotatable bonds is 3. The lowest BCUT2D eigenvalue weighted by atomic mass is 10.1. The molecule has 4 heteroatoms. The summed E-state index contributed by atoms with van der Waals surface area (Å²) in [5.74, 6) is 1.20. The fourth-order valence-corrected chi connectivity index (χ4v) is 2.48. The van der Waals surface area contributed by atoms with Crippen molar-refractivity contribution in [1.82, 2.24) is 15.5 Å². The standard InChI is InChI=1S/C12H19N3O/c16-12(4-3-9-1-2-9)15-6-5-10-11(7-15)14-8-13-10/h9,13-14H,1-8H2. The number of hydrogen-bond donors (Lipinski definition) is 2. The van der Waals surface area contributed by atoms with E-state index in [-0.39, 0.29) is 0 Å². The first-order valence-corrected chi connectivity index (χ1v) is 6.30. The van der Waals surface area contributed by atoms with Crippen molar-refractivity contribution in [2.75, 3.05) is 19.8 Å². The topological polar surface area (TPSA) is 44.4 Å². The van der Waals surface area contributed by atoms with Gasteiger partial charge in [-0.15, -0.1) is 0 Å². The summed E-state index contributed by atoms with van der Waals surface area (Å²) >= 11 is 0. The molecule has 1 amide bonds. The average Bonchev–Trinajstić information content (AvgIpc) is 3.01. The van der Waals surface area contributed by atoms with Crippen LogP contribution < -0.4 is 10.6 Å². The van der Waals surface area contributed by atoms with Crippen LogP contribution in [0.5, 0.6) is 0 Å². The summed E-state index contributed by atoms with van der Waals surface area (Å²) in [6.45, 7) is 2.50. The number of carbonyl (C=O) groups is 1. The van der Waals surface area contributed by atoms with Gasteiger partial charge in [-0.2, -0.15) is 0 Å². The third-order valence-electron chi connectivity index (χ3n) is 3.76. The lowest BCUT2D eigenvalue weighted by Gasteiger charge is -2.27. The molecule has 0 bridgehead atoms. The predicted octanol–water partition coefficient (Wildman–Crippen LogP) is 0.771. The Kier molecular flexibility index (Phi) is 2.50. The van der Waals surface area contributed by atoms with Crippen LogP contribution in [0, 0.1) is 5.92 Å². The molecule has 88 valence electrons. The molecule has 4 nitrogen and oxygen atoms in total. The molecular weight excluding hydrogens is 202 g/mol. The van der Waals surface area contributed by atoms with E-state index < -0.39 is 0 Å². The van der Waals surface area contributed by atoms with Crippen LogP contribution in [0.4, 0.5) is 0 Å². The van der Waals surface area contributed by atoms with Gasteiger partial charge >= 0.3 is 0 Å². The van der Waals surface area contributed by atoms with Gasteiger partial charge in [0.25, 0.3) is 0 Å². The SMILES string of the molecule is O=C(CCC1CC1)N1CCC2=C(C1)NCN2.